The molecule has 0 unspecified atom stereocenters. The quantitative estimate of drug-likeness (QED) is 0.903. The molecule has 0 radical (unpaired) electrons. The van der Waals surface area contributed by atoms with Gasteiger partial charge in [0.2, 0.25) is 0 Å². The number of aromatic nitrogens is 1. The highest BCUT2D eigenvalue weighted by molar-refractivity contribution is 5.85. The summed E-state index contributed by atoms with van der Waals surface area (Å²) < 4.78 is 5.41. The van der Waals surface area contributed by atoms with E-state index in [2.05, 4.69) is 27.3 Å². The van der Waals surface area contributed by atoms with E-state index in [-0.39, 0.29) is 12.4 Å². The fourth-order valence-electron chi connectivity index (χ4n) is 2.67. The molecule has 0 spiro atoms. The Labute approximate surface area is 148 Å². The SMILES string of the molecule is Cl.N#Cc1ccc(CNCc2cccnc2N2CCOCC2)cc1. The second kappa shape index (κ2) is 9.24. The van der Waals surface area contributed by atoms with Crippen LogP contribution in [0.3, 0.4) is 0 Å². The number of hydrogen-bond donors (Lipinski definition) is 1. The Morgan fingerprint density at radius 2 is 1.88 bits per heavy atom. The maximum absolute atomic E-state index is 8.82. The summed E-state index contributed by atoms with van der Waals surface area (Å²) in [5.41, 5.74) is 3.06. The van der Waals surface area contributed by atoms with Crippen molar-refractivity contribution < 1.29 is 4.74 Å². The minimum Gasteiger partial charge on any atom is -0.378 e. The third kappa shape index (κ3) is 4.68. The molecular weight excluding hydrogens is 324 g/mol. The third-order valence-corrected chi connectivity index (χ3v) is 3.91. The van der Waals surface area contributed by atoms with Gasteiger partial charge in [-0.15, -0.1) is 12.4 Å². The summed E-state index contributed by atoms with van der Waals surface area (Å²) in [6.45, 7) is 4.83. The Kier molecular flexibility index (Phi) is 7.01. The highest BCUT2D eigenvalue weighted by Gasteiger charge is 2.15. The molecule has 1 aliphatic heterocycles. The fourth-order valence-corrected chi connectivity index (χ4v) is 2.67. The van der Waals surface area contributed by atoms with Crippen LogP contribution in [0.15, 0.2) is 42.6 Å². The van der Waals surface area contributed by atoms with Gasteiger partial charge in [-0.2, -0.15) is 5.26 Å². The molecule has 1 aliphatic rings. The summed E-state index contributed by atoms with van der Waals surface area (Å²) in [5.74, 6) is 1.04. The first-order chi connectivity index (χ1) is 11.4. The summed E-state index contributed by atoms with van der Waals surface area (Å²) in [5, 5.41) is 12.3. The first kappa shape index (κ1) is 18.2. The molecule has 1 fully saturated rings. The van der Waals surface area contributed by atoms with Crippen molar-refractivity contribution in [1.82, 2.24) is 10.3 Å². The average molecular weight is 345 g/mol. The van der Waals surface area contributed by atoms with E-state index in [0.717, 1.165) is 45.2 Å². The van der Waals surface area contributed by atoms with E-state index in [1.165, 1.54) is 11.1 Å². The molecule has 1 saturated heterocycles. The topological polar surface area (TPSA) is 61.2 Å². The van der Waals surface area contributed by atoms with Crippen LogP contribution in [0.4, 0.5) is 5.82 Å². The van der Waals surface area contributed by atoms with Gasteiger partial charge in [-0.1, -0.05) is 18.2 Å². The van der Waals surface area contributed by atoms with Crippen LogP contribution in [0.2, 0.25) is 0 Å². The van der Waals surface area contributed by atoms with E-state index in [9.17, 15) is 0 Å². The van der Waals surface area contributed by atoms with Crippen molar-refractivity contribution in [2.45, 2.75) is 13.1 Å². The number of benzene rings is 1. The van der Waals surface area contributed by atoms with Crippen LogP contribution >= 0.6 is 12.4 Å². The highest BCUT2D eigenvalue weighted by Crippen LogP contribution is 2.18. The standard InChI is InChI=1S/C18H20N4O.ClH/c19-12-15-3-5-16(6-4-15)13-20-14-17-2-1-7-21-18(17)22-8-10-23-11-9-22;/h1-7,20H,8-11,13-14H2;1H. The van der Waals surface area contributed by atoms with Gasteiger partial charge in [-0.3, -0.25) is 0 Å². The molecular formula is C18H21ClN4O. The van der Waals surface area contributed by atoms with Gasteiger partial charge in [0, 0.05) is 37.9 Å². The van der Waals surface area contributed by atoms with E-state index in [0.29, 0.717) is 5.56 Å². The molecule has 2 heterocycles. The van der Waals surface area contributed by atoms with E-state index in [1.54, 1.807) is 0 Å². The van der Waals surface area contributed by atoms with Crippen LogP contribution in [0.5, 0.6) is 0 Å². The molecule has 3 rings (SSSR count). The number of halogens is 1. The monoisotopic (exact) mass is 344 g/mol. The second-order valence-electron chi connectivity index (χ2n) is 5.50. The smallest absolute Gasteiger partial charge is 0.133 e. The summed E-state index contributed by atoms with van der Waals surface area (Å²) in [6, 6.07) is 13.9. The second-order valence-corrected chi connectivity index (χ2v) is 5.50. The van der Waals surface area contributed by atoms with Crippen LogP contribution in [-0.2, 0) is 17.8 Å². The Morgan fingerprint density at radius 1 is 1.12 bits per heavy atom. The lowest BCUT2D eigenvalue weighted by molar-refractivity contribution is 0.122. The molecule has 1 aromatic carbocycles. The first-order valence-electron chi connectivity index (χ1n) is 7.83. The Hall–Kier alpha value is -2.13. The minimum atomic E-state index is 0. The zero-order chi connectivity index (χ0) is 15.9. The van der Waals surface area contributed by atoms with Gasteiger partial charge in [0.05, 0.1) is 24.8 Å². The predicted molar refractivity (Wildman–Crippen MR) is 96.2 cm³/mol. The van der Waals surface area contributed by atoms with Crippen molar-refractivity contribution in [2.75, 3.05) is 31.2 Å². The molecule has 126 valence electrons. The Balaban J connectivity index is 0.00000208. The number of rotatable bonds is 5. The molecule has 6 heteroatoms. The zero-order valence-electron chi connectivity index (χ0n) is 13.4. The first-order valence-corrected chi connectivity index (χ1v) is 7.83. The Morgan fingerprint density at radius 3 is 2.58 bits per heavy atom. The Bertz CT molecular complexity index is 678. The van der Waals surface area contributed by atoms with E-state index in [1.807, 2.05) is 36.5 Å². The van der Waals surface area contributed by atoms with Gasteiger partial charge in [0.15, 0.2) is 0 Å². The van der Waals surface area contributed by atoms with E-state index in [4.69, 9.17) is 10.00 Å². The van der Waals surface area contributed by atoms with Crippen LogP contribution in [0, 0.1) is 11.3 Å². The van der Waals surface area contributed by atoms with Crippen LogP contribution in [0.1, 0.15) is 16.7 Å². The normalized spacial score (nSPS) is 13.9. The number of nitrogens with zero attached hydrogens (tertiary/aromatic N) is 3. The molecule has 0 amide bonds. The molecule has 0 aliphatic carbocycles. The summed E-state index contributed by atoms with van der Waals surface area (Å²) in [4.78, 5) is 6.83. The fraction of sp³-hybridized carbons (Fsp3) is 0.333. The molecule has 0 atom stereocenters. The van der Waals surface area contributed by atoms with Crippen molar-refractivity contribution in [3.63, 3.8) is 0 Å². The lowest BCUT2D eigenvalue weighted by Gasteiger charge is -2.29. The highest BCUT2D eigenvalue weighted by atomic mass is 35.5. The van der Waals surface area contributed by atoms with Gasteiger partial charge in [0.1, 0.15) is 5.82 Å². The molecule has 1 N–H and O–H groups in total. The van der Waals surface area contributed by atoms with Gasteiger partial charge >= 0.3 is 0 Å². The summed E-state index contributed by atoms with van der Waals surface area (Å²) in [7, 11) is 0. The lowest BCUT2D eigenvalue weighted by Crippen LogP contribution is -2.37. The lowest BCUT2D eigenvalue weighted by atomic mass is 10.1. The van der Waals surface area contributed by atoms with Crippen molar-refractivity contribution in [3.8, 4) is 6.07 Å². The number of ether oxygens (including phenoxy) is 1. The van der Waals surface area contributed by atoms with Gasteiger partial charge in [0.25, 0.3) is 0 Å². The maximum atomic E-state index is 8.82. The van der Waals surface area contributed by atoms with Crippen LogP contribution in [0.25, 0.3) is 0 Å². The van der Waals surface area contributed by atoms with Crippen molar-refractivity contribution in [2.24, 2.45) is 0 Å². The maximum Gasteiger partial charge on any atom is 0.133 e. The van der Waals surface area contributed by atoms with E-state index < -0.39 is 0 Å². The van der Waals surface area contributed by atoms with Crippen LogP contribution < -0.4 is 10.2 Å². The number of hydrogen-bond acceptors (Lipinski definition) is 5. The van der Waals surface area contributed by atoms with Gasteiger partial charge < -0.3 is 15.0 Å². The van der Waals surface area contributed by atoms with Crippen molar-refractivity contribution in [3.05, 3.63) is 59.3 Å². The molecule has 24 heavy (non-hydrogen) atoms. The number of morpholine rings is 1. The zero-order valence-corrected chi connectivity index (χ0v) is 14.3. The minimum absolute atomic E-state index is 0. The average Bonchev–Trinajstić information content (AvgIpc) is 2.63. The van der Waals surface area contributed by atoms with Crippen LogP contribution in [-0.4, -0.2) is 31.3 Å². The van der Waals surface area contributed by atoms with Gasteiger partial charge in [-0.05, 0) is 23.8 Å². The summed E-state index contributed by atoms with van der Waals surface area (Å²) in [6.07, 6.45) is 1.84. The predicted octanol–water partition coefficient (Wildman–Crippen LogP) is 2.50. The van der Waals surface area contributed by atoms with Crippen molar-refractivity contribution in [1.29, 1.82) is 5.26 Å². The largest absolute Gasteiger partial charge is 0.378 e. The number of anilines is 1. The van der Waals surface area contributed by atoms with Gasteiger partial charge in [-0.25, -0.2) is 4.98 Å². The third-order valence-electron chi connectivity index (χ3n) is 3.91. The molecule has 1 aromatic heterocycles. The number of nitrogens with one attached hydrogen (secondary N) is 1. The molecule has 5 nitrogen and oxygen atoms in total. The van der Waals surface area contributed by atoms with Crippen molar-refractivity contribution >= 4 is 18.2 Å². The number of nitriles is 1. The molecule has 0 saturated carbocycles. The molecule has 2 aromatic rings. The number of pyridine rings is 1. The van der Waals surface area contributed by atoms with E-state index >= 15 is 0 Å². The molecule has 0 bridgehead atoms. The summed E-state index contributed by atoms with van der Waals surface area (Å²) >= 11 is 0.